The predicted molar refractivity (Wildman–Crippen MR) is 121 cm³/mol. The predicted octanol–water partition coefficient (Wildman–Crippen LogP) is 6.47. The Bertz CT molecular complexity index is 814. The topological polar surface area (TPSA) is 30.5 Å². The maximum absolute atomic E-state index is 14.4. The van der Waals surface area contributed by atoms with Gasteiger partial charge in [0.1, 0.15) is 23.5 Å². The van der Waals surface area contributed by atoms with Crippen LogP contribution in [0.4, 0.5) is 4.39 Å². The van der Waals surface area contributed by atoms with Gasteiger partial charge in [-0.2, -0.15) is 0 Å². The average Bonchev–Trinajstić information content (AvgIpc) is 2.68. The van der Waals surface area contributed by atoms with Crippen molar-refractivity contribution in [3.05, 3.63) is 59.9 Å². The van der Waals surface area contributed by atoms with Gasteiger partial charge < -0.3 is 9.47 Å². The van der Waals surface area contributed by atoms with E-state index < -0.39 is 0 Å². The van der Waals surface area contributed by atoms with Crippen molar-refractivity contribution in [1.29, 1.82) is 0 Å². The maximum Gasteiger partial charge on any atom is 0.150 e. The lowest BCUT2D eigenvalue weighted by Gasteiger charge is -2.41. The van der Waals surface area contributed by atoms with Crippen LogP contribution < -0.4 is 14.8 Å². The summed E-state index contributed by atoms with van der Waals surface area (Å²) in [6.07, 6.45) is 4.18. The van der Waals surface area contributed by atoms with Crippen molar-refractivity contribution in [3.8, 4) is 11.5 Å². The van der Waals surface area contributed by atoms with E-state index in [1.165, 1.54) is 6.07 Å². The molecule has 0 spiro atoms. The van der Waals surface area contributed by atoms with Gasteiger partial charge in [0.05, 0.1) is 6.61 Å². The molecule has 0 bridgehead atoms. The van der Waals surface area contributed by atoms with Crippen LogP contribution in [0, 0.1) is 11.2 Å². The SMILES string of the molecule is CC(C)(C)c1ccc(OCCC(C)(C)C2CCCC(Oc3ccccc3)N2)cc1F. The lowest BCUT2D eigenvalue weighted by molar-refractivity contribution is 0.0578. The molecule has 1 aliphatic rings. The van der Waals surface area contributed by atoms with Crippen molar-refractivity contribution in [2.24, 2.45) is 5.41 Å². The fourth-order valence-electron chi connectivity index (χ4n) is 4.07. The van der Waals surface area contributed by atoms with Gasteiger partial charge in [-0.05, 0) is 60.3 Å². The third-order valence-electron chi connectivity index (χ3n) is 6.07. The highest BCUT2D eigenvalue weighted by molar-refractivity contribution is 5.32. The summed E-state index contributed by atoms with van der Waals surface area (Å²) in [6, 6.07) is 15.5. The summed E-state index contributed by atoms with van der Waals surface area (Å²) >= 11 is 0. The van der Waals surface area contributed by atoms with E-state index in [0.717, 1.165) is 31.4 Å². The largest absolute Gasteiger partial charge is 0.493 e. The lowest BCUT2D eigenvalue weighted by Crippen LogP contribution is -2.52. The number of halogens is 1. The first-order valence-corrected chi connectivity index (χ1v) is 11.1. The molecule has 30 heavy (non-hydrogen) atoms. The molecular weight excluding hydrogens is 377 g/mol. The second-order valence-electron chi connectivity index (χ2n) is 10.0. The number of para-hydroxylation sites is 1. The molecule has 4 heteroatoms. The number of hydrogen-bond acceptors (Lipinski definition) is 3. The molecule has 1 fully saturated rings. The highest BCUT2D eigenvalue weighted by atomic mass is 19.1. The minimum atomic E-state index is -0.213. The molecule has 2 aromatic carbocycles. The zero-order valence-corrected chi connectivity index (χ0v) is 19.0. The highest BCUT2D eigenvalue weighted by Gasteiger charge is 2.34. The van der Waals surface area contributed by atoms with Crippen molar-refractivity contribution in [2.45, 2.75) is 78.0 Å². The molecule has 2 unspecified atom stereocenters. The van der Waals surface area contributed by atoms with Gasteiger partial charge in [0.25, 0.3) is 0 Å². The van der Waals surface area contributed by atoms with Crippen LogP contribution in [0.2, 0.25) is 0 Å². The molecule has 0 amide bonds. The Morgan fingerprint density at radius 2 is 1.70 bits per heavy atom. The van der Waals surface area contributed by atoms with E-state index in [1.807, 2.05) is 63.2 Å². The van der Waals surface area contributed by atoms with Gasteiger partial charge in [-0.1, -0.05) is 58.9 Å². The fraction of sp³-hybridized carbons (Fsp3) is 0.538. The second-order valence-corrected chi connectivity index (χ2v) is 10.0. The van der Waals surface area contributed by atoms with Crippen LogP contribution in [-0.2, 0) is 5.41 Å². The number of nitrogens with one attached hydrogen (secondary N) is 1. The average molecular weight is 414 g/mol. The van der Waals surface area contributed by atoms with E-state index in [9.17, 15) is 4.39 Å². The van der Waals surface area contributed by atoms with Crippen molar-refractivity contribution in [1.82, 2.24) is 5.32 Å². The molecule has 0 saturated carbocycles. The first-order valence-electron chi connectivity index (χ1n) is 11.1. The number of piperidine rings is 1. The Kier molecular flexibility index (Phi) is 7.07. The van der Waals surface area contributed by atoms with Gasteiger partial charge in [0.15, 0.2) is 0 Å². The number of rotatable bonds is 7. The van der Waals surface area contributed by atoms with Crippen LogP contribution >= 0.6 is 0 Å². The molecule has 3 rings (SSSR count). The molecule has 164 valence electrons. The standard InChI is InChI=1S/C26H36FNO2/c1-25(2,3)21-15-14-20(18-22(21)27)29-17-16-26(4,5)23-12-9-13-24(28-23)30-19-10-7-6-8-11-19/h6-8,10-11,14-15,18,23-24,28H,9,12-13,16-17H2,1-5H3. The molecule has 0 aromatic heterocycles. The molecule has 2 aromatic rings. The number of hydrogen-bond donors (Lipinski definition) is 1. The van der Waals surface area contributed by atoms with Gasteiger partial charge in [-0.3, -0.25) is 5.32 Å². The Hall–Kier alpha value is -2.07. The Labute approximate surface area is 181 Å². The first-order chi connectivity index (χ1) is 14.1. The van der Waals surface area contributed by atoms with E-state index >= 15 is 0 Å². The van der Waals surface area contributed by atoms with Crippen molar-refractivity contribution >= 4 is 0 Å². The molecule has 1 N–H and O–H groups in total. The molecular formula is C26H36FNO2. The zero-order valence-electron chi connectivity index (χ0n) is 19.0. The zero-order chi connectivity index (χ0) is 21.8. The highest BCUT2D eigenvalue weighted by Crippen LogP contribution is 2.33. The van der Waals surface area contributed by atoms with E-state index in [2.05, 4.69) is 19.2 Å². The van der Waals surface area contributed by atoms with Gasteiger partial charge in [-0.25, -0.2) is 4.39 Å². The third-order valence-corrected chi connectivity index (χ3v) is 6.07. The van der Waals surface area contributed by atoms with Crippen LogP contribution in [0.15, 0.2) is 48.5 Å². The van der Waals surface area contributed by atoms with Crippen LogP contribution in [-0.4, -0.2) is 18.9 Å². The minimum absolute atomic E-state index is 0.0328. The van der Waals surface area contributed by atoms with Gasteiger partial charge in [0, 0.05) is 12.1 Å². The van der Waals surface area contributed by atoms with Crippen LogP contribution in [0.1, 0.15) is 65.9 Å². The minimum Gasteiger partial charge on any atom is -0.493 e. The first kappa shape index (κ1) is 22.6. The maximum atomic E-state index is 14.4. The molecule has 3 nitrogen and oxygen atoms in total. The summed E-state index contributed by atoms with van der Waals surface area (Å²) in [5.74, 6) is 1.30. The Morgan fingerprint density at radius 1 is 0.967 bits per heavy atom. The number of ether oxygens (including phenoxy) is 2. The number of benzene rings is 2. The van der Waals surface area contributed by atoms with E-state index in [4.69, 9.17) is 9.47 Å². The Balaban J connectivity index is 1.52. The Morgan fingerprint density at radius 3 is 2.37 bits per heavy atom. The molecule has 0 radical (unpaired) electrons. The van der Waals surface area contributed by atoms with Gasteiger partial charge >= 0.3 is 0 Å². The molecule has 1 saturated heterocycles. The molecule has 2 atom stereocenters. The molecule has 1 aliphatic heterocycles. The normalized spacial score (nSPS) is 20.1. The van der Waals surface area contributed by atoms with Crippen molar-refractivity contribution in [3.63, 3.8) is 0 Å². The summed E-state index contributed by atoms with van der Waals surface area (Å²) < 4.78 is 26.4. The van der Waals surface area contributed by atoms with Crippen LogP contribution in [0.25, 0.3) is 0 Å². The third kappa shape index (κ3) is 5.98. The van der Waals surface area contributed by atoms with Crippen molar-refractivity contribution in [2.75, 3.05) is 6.61 Å². The second kappa shape index (κ2) is 9.38. The van der Waals surface area contributed by atoms with Gasteiger partial charge in [-0.15, -0.1) is 0 Å². The molecule has 1 heterocycles. The van der Waals surface area contributed by atoms with Crippen LogP contribution in [0.3, 0.4) is 0 Å². The summed E-state index contributed by atoms with van der Waals surface area (Å²) in [7, 11) is 0. The summed E-state index contributed by atoms with van der Waals surface area (Å²) in [6.45, 7) is 11.1. The lowest BCUT2D eigenvalue weighted by atomic mass is 9.77. The molecule has 0 aliphatic carbocycles. The van der Waals surface area contributed by atoms with Gasteiger partial charge in [0.2, 0.25) is 0 Å². The quantitative estimate of drug-likeness (QED) is 0.564. The van der Waals surface area contributed by atoms with Crippen molar-refractivity contribution < 1.29 is 13.9 Å². The fourth-order valence-corrected chi connectivity index (χ4v) is 4.07. The van der Waals surface area contributed by atoms with E-state index in [1.54, 1.807) is 0 Å². The monoisotopic (exact) mass is 413 g/mol. The summed E-state index contributed by atoms with van der Waals surface area (Å²) in [5.41, 5.74) is 0.546. The smallest absolute Gasteiger partial charge is 0.150 e. The van der Waals surface area contributed by atoms with Crippen LogP contribution in [0.5, 0.6) is 11.5 Å². The summed E-state index contributed by atoms with van der Waals surface area (Å²) in [5, 5.41) is 3.69. The van der Waals surface area contributed by atoms with E-state index in [0.29, 0.717) is 24.0 Å². The van der Waals surface area contributed by atoms with E-state index in [-0.39, 0.29) is 22.9 Å². The summed E-state index contributed by atoms with van der Waals surface area (Å²) in [4.78, 5) is 0.